The van der Waals surface area contributed by atoms with Crippen LogP contribution in [0.1, 0.15) is 29.6 Å². The van der Waals surface area contributed by atoms with Gasteiger partial charge in [-0.15, -0.1) is 0 Å². The molecule has 3 aromatic heterocycles. The average Bonchev–Trinajstić information content (AvgIpc) is 3.43. The predicted molar refractivity (Wildman–Crippen MR) is 108 cm³/mol. The number of aryl methyl sites for hydroxylation is 1. The van der Waals surface area contributed by atoms with Crippen molar-refractivity contribution in [1.29, 1.82) is 5.26 Å². The number of nitriles is 1. The molecule has 1 aromatic carbocycles. The van der Waals surface area contributed by atoms with Gasteiger partial charge in [-0.2, -0.15) is 15.5 Å². The first-order chi connectivity index (χ1) is 14.6. The Balaban J connectivity index is 1.68. The molecule has 0 spiro atoms. The molecule has 1 N–H and O–H groups in total. The number of H-pyrrole nitrogens is 1. The minimum Gasteiger partial charge on any atom is -0.472 e. The highest BCUT2D eigenvalue weighted by Gasteiger charge is 2.19. The lowest BCUT2D eigenvalue weighted by Crippen LogP contribution is -2.21. The van der Waals surface area contributed by atoms with Crippen molar-refractivity contribution in [3.8, 4) is 23.1 Å². The van der Waals surface area contributed by atoms with E-state index in [-0.39, 0.29) is 18.5 Å². The van der Waals surface area contributed by atoms with Crippen LogP contribution in [0.5, 0.6) is 5.88 Å². The lowest BCUT2D eigenvalue weighted by molar-refractivity contribution is 0.0432. The summed E-state index contributed by atoms with van der Waals surface area (Å²) < 4.78 is 18.8. The normalized spacial score (nSPS) is 17.4. The molecule has 30 heavy (non-hydrogen) atoms. The Morgan fingerprint density at radius 3 is 3.07 bits per heavy atom. The quantitative estimate of drug-likeness (QED) is 0.480. The van der Waals surface area contributed by atoms with E-state index in [1.807, 2.05) is 44.3 Å². The first-order valence-electron chi connectivity index (χ1n) is 9.45. The SMILES string of the molecule is C[C@H]1COCc2noc(C#N)c2/C=C/c2[nH]nc3ccc(cc23)-c2cnn(C)c2O1. The molecule has 150 valence electrons. The zero-order chi connectivity index (χ0) is 20.7. The van der Waals surface area contributed by atoms with Gasteiger partial charge in [0.15, 0.2) is 0 Å². The van der Waals surface area contributed by atoms with Gasteiger partial charge < -0.3 is 14.0 Å². The van der Waals surface area contributed by atoms with Crippen LogP contribution < -0.4 is 4.74 Å². The van der Waals surface area contributed by atoms with E-state index in [0.717, 1.165) is 27.7 Å². The van der Waals surface area contributed by atoms with Crippen molar-refractivity contribution in [3.05, 3.63) is 47.1 Å². The number of hydrogen-bond acceptors (Lipinski definition) is 7. The molecule has 1 aliphatic rings. The molecule has 2 bridgehead atoms. The summed E-state index contributed by atoms with van der Waals surface area (Å²) in [4.78, 5) is 0. The van der Waals surface area contributed by atoms with Crippen molar-refractivity contribution in [2.75, 3.05) is 6.61 Å². The van der Waals surface area contributed by atoms with E-state index < -0.39 is 0 Å². The first-order valence-corrected chi connectivity index (χ1v) is 9.45. The largest absolute Gasteiger partial charge is 0.472 e. The van der Waals surface area contributed by atoms with Gasteiger partial charge in [-0.05, 0) is 36.8 Å². The zero-order valence-electron chi connectivity index (χ0n) is 16.4. The number of ether oxygens (including phenoxy) is 2. The molecule has 0 radical (unpaired) electrons. The van der Waals surface area contributed by atoms with Gasteiger partial charge in [0.2, 0.25) is 11.6 Å². The summed E-state index contributed by atoms with van der Waals surface area (Å²) in [5.41, 5.74) is 4.63. The van der Waals surface area contributed by atoms with Gasteiger partial charge in [0.05, 0.1) is 41.7 Å². The number of nitrogens with zero attached hydrogens (tertiary/aromatic N) is 5. The summed E-state index contributed by atoms with van der Waals surface area (Å²) in [5.74, 6) is 0.802. The minimum atomic E-state index is -0.223. The summed E-state index contributed by atoms with van der Waals surface area (Å²) in [6.07, 6.45) is 5.22. The van der Waals surface area contributed by atoms with Crippen LogP contribution in [0, 0.1) is 11.3 Å². The zero-order valence-corrected chi connectivity index (χ0v) is 16.4. The van der Waals surface area contributed by atoms with Gasteiger partial charge in [0, 0.05) is 12.4 Å². The molecule has 1 aliphatic heterocycles. The van der Waals surface area contributed by atoms with Crippen LogP contribution in [-0.4, -0.2) is 37.8 Å². The molecule has 0 saturated heterocycles. The number of fused-ring (bicyclic) bond motifs is 4. The van der Waals surface area contributed by atoms with E-state index >= 15 is 0 Å². The topological polar surface area (TPSA) is 115 Å². The number of hydrogen-bond donors (Lipinski definition) is 1. The maximum absolute atomic E-state index is 9.35. The van der Waals surface area contributed by atoms with Crippen molar-refractivity contribution >= 4 is 23.1 Å². The van der Waals surface area contributed by atoms with E-state index in [0.29, 0.717) is 23.7 Å². The minimum absolute atomic E-state index is 0.140. The first kappa shape index (κ1) is 18.1. The fraction of sp³-hybridized carbons (Fsp3) is 0.238. The number of benzene rings is 1. The summed E-state index contributed by atoms with van der Waals surface area (Å²) >= 11 is 0. The summed E-state index contributed by atoms with van der Waals surface area (Å²) in [6, 6.07) is 8.02. The van der Waals surface area contributed by atoms with Crippen LogP contribution in [0.25, 0.3) is 34.2 Å². The van der Waals surface area contributed by atoms with Crippen LogP contribution in [-0.2, 0) is 18.4 Å². The second kappa shape index (κ2) is 7.17. The third-order valence-corrected chi connectivity index (χ3v) is 5.00. The van der Waals surface area contributed by atoms with Gasteiger partial charge >= 0.3 is 0 Å². The van der Waals surface area contributed by atoms with Gasteiger partial charge in [-0.25, -0.2) is 4.68 Å². The number of rotatable bonds is 0. The molecule has 0 amide bonds. The van der Waals surface area contributed by atoms with Crippen LogP contribution in [0.4, 0.5) is 0 Å². The van der Waals surface area contributed by atoms with Crippen LogP contribution in [0.2, 0.25) is 0 Å². The molecule has 0 fully saturated rings. The van der Waals surface area contributed by atoms with Gasteiger partial charge in [-0.3, -0.25) is 5.10 Å². The van der Waals surface area contributed by atoms with Crippen molar-refractivity contribution in [2.45, 2.75) is 19.6 Å². The highest BCUT2D eigenvalue weighted by molar-refractivity contribution is 5.93. The van der Waals surface area contributed by atoms with E-state index in [4.69, 9.17) is 14.0 Å². The van der Waals surface area contributed by atoms with E-state index in [9.17, 15) is 5.26 Å². The Kier molecular flexibility index (Phi) is 4.34. The summed E-state index contributed by atoms with van der Waals surface area (Å²) in [7, 11) is 1.84. The smallest absolute Gasteiger partial charge is 0.243 e. The van der Waals surface area contributed by atoms with Crippen molar-refractivity contribution in [1.82, 2.24) is 25.1 Å². The second-order valence-corrected chi connectivity index (χ2v) is 7.12. The van der Waals surface area contributed by atoms with Crippen molar-refractivity contribution in [2.24, 2.45) is 7.05 Å². The van der Waals surface area contributed by atoms with E-state index in [1.165, 1.54) is 0 Å². The highest BCUT2D eigenvalue weighted by atomic mass is 16.5. The maximum Gasteiger partial charge on any atom is 0.243 e. The van der Waals surface area contributed by atoms with Crippen molar-refractivity contribution in [3.63, 3.8) is 0 Å². The van der Waals surface area contributed by atoms with Gasteiger partial charge in [0.25, 0.3) is 0 Å². The van der Waals surface area contributed by atoms with E-state index in [1.54, 1.807) is 17.0 Å². The second-order valence-electron chi connectivity index (χ2n) is 7.12. The van der Waals surface area contributed by atoms with Crippen molar-refractivity contribution < 1.29 is 14.0 Å². The lowest BCUT2D eigenvalue weighted by atomic mass is 10.0. The Morgan fingerprint density at radius 1 is 1.30 bits per heavy atom. The maximum atomic E-state index is 9.35. The third kappa shape index (κ3) is 3.03. The molecule has 0 saturated carbocycles. The molecular formula is C21H18N6O3. The Bertz CT molecular complexity index is 1310. The molecule has 0 unspecified atom stereocenters. The Morgan fingerprint density at radius 2 is 2.20 bits per heavy atom. The fourth-order valence-corrected chi connectivity index (χ4v) is 3.49. The van der Waals surface area contributed by atoms with Crippen LogP contribution >= 0.6 is 0 Å². The summed E-state index contributed by atoms with van der Waals surface area (Å²) in [6.45, 7) is 2.46. The molecule has 9 heteroatoms. The van der Waals surface area contributed by atoms with Crippen LogP contribution in [0.15, 0.2) is 28.9 Å². The molecule has 5 rings (SSSR count). The standard InChI is InChI=1S/C21H18N6O3/c1-12-10-28-11-19-14(20(8-22)30-26-19)4-6-18-15-7-13(3-5-17(15)24-25-18)16-9-23-27(2)21(16)29-12/h3-7,9,12H,10-11H2,1-2H3,(H,24,25)/b6-4+/t12-/m0/s1. The molecule has 1 atom stereocenters. The summed E-state index contributed by atoms with van der Waals surface area (Å²) in [5, 5.41) is 26.1. The van der Waals surface area contributed by atoms with E-state index in [2.05, 4.69) is 20.5 Å². The molecular weight excluding hydrogens is 384 g/mol. The monoisotopic (exact) mass is 402 g/mol. The Labute approximate surface area is 171 Å². The number of aromatic amines is 1. The predicted octanol–water partition coefficient (Wildman–Crippen LogP) is 3.29. The van der Waals surface area contributed by atoms with Gasteiger partial charge in [0.1, 0.15) is 17.9 Å². The Hall–Kier alpha value is -3.90. The molecule has 0 aliphatic carbocycles. The number of aromatic nitrogens is 5. The molecule has 4 aromatic rings. The number of nitrogens with one attached hydrogen (secondary N) is 1. The van der Waals surface area contributed by atoms with Gasteiger partial charge in [-0.1, -0.05) is 11.2 Å². The van der Waals surface area contributed by atoms with Crippen LogP contribution in [0.3, 0.4) is 0 Å². The lowest BCUT2D eigenvalue weighted by Gasteiger charge is -2.16. The molecule has 4 heterocycles. The highest BCUT2D eigenvalue weighted by Crippen LogP contribution is 2.33. The average molecular weight is 402 g/mol. The molecule has 9 nitrogen and oxygen atoms in total. The third-order valence-electron chi connectivity index (χ3n) is 5.00. The fourth-order valence-electron chi connectivity index (χ4n) is 3.49.